The zero-order valence-corrected chi connectivity index (χ0v) is 13.0. The number of nitrogens with one attached hydrogen (secondary N) is 3. The number of rotatable bonds is 4. The van der Waals surface area contributed by atoms with Gasteiger partial charge in [-0.3, -0.25) is 14.5 Å². The van der Waals surface area contributed by atoms with Gasteiger partial charge in [0.1, 0.15) is 0 Å². The summed E-state index contributed by atoms with van der Waals surface area (Å²) in [6.45, 7) is 7.48. The van der Waals surface area contributed by atoms with Gasteiger partial charge in [-0.25, -0.2) is 0 Å². The van der Waals surface area contributed by atoms with Gasteiger partial charge in [0.25, 0.3) is 0 Å². The van der Waals surface area contributed by atoms with Crippen molar-refractivity contribution >= 4 is 11.8 Å². The van der Waals surface area contributed by atoms with E-state index in [1.165, 1.54) is 6.42 Å². The van der Waals surface area contributed by atoms with Gasteiger partial charge in [0.2, 0.25) is 0 Å². The number of carbonyl (C=O) groups is 2. The molecule has 0 aromatic carbocycles. The van der Waals surface area contributed by atoms with Gasteiger partial charge in [0, 0.05) is 45.3 Å². The van der Waals surface area contributed by atoms with E-state index in [-0.39, 0.29) is 6.04 Å². The first-order chi connectivity index (χ1) is 10.2. The minimum Gasteiger partial charge on any atom is -0.347 e. The third-order valence-electron chi connectivity index (χ3n) is 4.56. The number of hydrogen-bond donors (Lipinski definition) is 3. The molecule has 6 nitrogen and oxygen atoms in total. The second kappa shape index (κ2) is 8.34. The summed E-state index contributed by atoms with van der Waals surface area (Å²) in [6.07, 6.45) is 4.49. The lowest BCUT2D eigenvalue weighted by Crippen LogP contribution is -2.50. The number of piperazine rings is 1. The van der Waals surface area contributed by atoms with Gasteiger partial charge in [-0.15, -0.1) is 0 Å². The summed E-state index contributed by atoms with van der Waals surface area (Å²) in [4.78, 5) is 26.0. The summed E-state index contributed by atoms with van der Waals surface area (Å²) < 4.78 is 0. The maximum atomic E-state index is 11.9. The summed E-state index contributed by atoms with van der Waals surface area (Å²) in [6, 6.07) is 0.158. The Bertz CT molecular complexity index is 356. The van der Waals surface area contributed by atoms with Crippen LogP contribution in [0.5, 0.6) is 0 Å². The smallest absolute Gasteiger partial charge is 0.309 e. The van der Waals surface area contributed by atoms with Crippen molar-refractivity contribution in [1.82, 2.24) is 20.9 Å². The summed E-state index contributed by atoms with van der Waals surface area (Å²) in [5.41, 5.74) is 0. The van der Waals surface area contributed by atoms with Crippen molar-refractivity contribution in [3.8, 4) is 0 Å². The average molecular weight is 296 g/mol. The molecule has 0 spiro atoms. The van der Waals surface area contributed by atoms with Gasteiger partial charge in [-0.1, -0.05) is 19.8 Å². The second-order valence-electron chi connectivity index (χ2n) is 6.19. The summed E-state index contributed by atoms with van der Waals surface area (Å²) in [7, 11) is 0. The molecule has 0 aromatic heterocycles. The van der Waals surface area contributed by atoms with Crippen LogP contribution in [0.4, 0.5) is 0 Å². The van der Waals surface area contributed by atoms with E-state index >= 15 is 0 Å². The van der Waals surface area contributed by atoms with Crippen LogP contribution < -0.4 is 16.0 Å². The van der Waals surface area contributed by atoms with Crippen molar-refractivity contribution in [3.05, 3.63) is 0 Å². The van der Waals surface area contributed by atoms with Crippen molar-refractivity contribution in [2.24, 2.45) is 5.92 Å². The van der Waals surface area contributed by atoms with Crippen LogP contribution >= 0.6 is 0 Å². The predicted octanol–water partition coefficient (Wildman–Crippen LogP) is -0.297. The molecule has 2 aliphatic rings. The molecule has 2 atom stereocenters. The largest absolute Gasteiger partial charge is 0.347 e. The third-order valence-corrected chi connectivity index (χ3v) is 4.56. The van der Waals surface area contributed by atoms with Crippen LogP contribution in [0.2, 0.25) is 0 Å². The Balaban J connectivity index is 1.63. The molecule has 1 heterocycles. The maximum absolute atomic E-state index is 11.9. The summed E-state index contributed by atoms with van der Waals surface area (Å²) in [5, 5.41) is 8.89. The molecular formula is C15H28N4O2. The topological polar surface area (TPSA) is 73.5 Å². The van der Waals surface area contributed by atoms with Gasteiger partial charge >= 0.3 is 11.8 Å². The minimum atomic E-state index is -0.497. The Labute approximate surface area is 127 Å². The molecule has 2 amide bonds. The van der Waals surface area contributed by atoms with Crippen LogP contribution in [-0.4, -0.2) is 62.0 Å². The van der Waals surface area contributed by atoms with E-state index in [1.807, 2.05) is 0 Å². The molecule has 0 radical (unpaired) electrons. The fourth-order valence-electron chi connectivity index (χ4n) is 3.11. The van der Waals surface area contributed by atoms with Gasteiger partial charge in [0.15, 0.2) is 0 Å². The van der Waals surface area contributed by atoms with Gasteiger partial charge < -0.3 is 16.0 Å². The molecule has 2 fully saturated rings. The average Bonchev–Trinajstić information content (AvgIpc) is 2.50. The molecule has 120 valence electrons. The number of nitrogens with zero attached hydrogens (tertiary/aromatic N) is 1. The highest BCUT2D eigenvalue weighted by atomic mass is 16.2. The molecule has 1 aliphatic carbocycles. The second-order valence-corrected chi connectivity index (χ2v) is 6.19. The van der Waals surface area contributed by atoms with E-state index < -0.39 is 11.8 Å². The molecule has 1 aliphatic heterocycles. The first-order valence-corrected chi connectivity index (χ1v) is 8.18. The van der Waals surface area contributed by atoms with E-state index in [1.54, 1.807) is 0 Å². The Morgan fingerprint density at radius 2 is 1.86 bits per heavy atom. The Morgan fingerprint density at radius 3 is 2.57 bits per heavy atom. The fraction of sp³-hybridized carbons (Fsp3) is 0.867. The zero-order valence-electron chi connectivity index (χ0n) is 13.0. The van der Waals surface area contributed by atoms with E-state index in [0.717, 1.165) is 52.0 Å². The molecule has 21 heavy (non-hydrogen) atoms. The van der Waals surface area contributed by atoms with Gasteiger partial charge in [-0.05, 0) is 18.8 Å². The first-order valence-electron chi connectivity index (χ1n) is 8.18. The number of hydrogen-bond acceptors (Lipinski definition) is 4. The van der Waals surface area contributed by atoms with Crippen LogP contribution in [0, 0.1) is 5.92 Å². The van der Waals surface area contributed by atoms with E-state index in [9.17, 15) is 9.59 Å². The van der Waals surface area contributed by atoms with Crippen molar-refractivity contribution in [2.75, 3.05) is 39.3 Å². The van der Waals surface area contributed by atoms with Crippen LogP contribution in [0.25, 0.3) is 0 Å². The van der Waals surface area contributed by atoms with E-state index in [0.29, 0.717) is 12.5 Å². The molecule has 3 N–H and O–H groups in total. The lowest BCUT2D eigenvalue weighted by Gasteiger charge is -2.29. The third kappa shape index (κ3) is 5.28. The molecular weight excluding hydrogens is 268 g/mol. The van der Waals surface area contributed by atoms with Crippen LogP contribution in [-0.2, 0) is 9.59 Å². The Hall–Kier alpha value is -1.14. The van der Waals surface area contributed by atoms with E-state index in [2.05, 4.69) is 27.8 Å². The number of carbonyl (C=O) groups excluding carboxylic acids is 2. The lowest BCUT2D eigenvalue weighted by molar-refractivity contribution is -0.140. The monoisotopic (exact) mass is 296 g/mol. The highest BCUT2D eigenvalue weighted by Crippen LogP contribution is 2.23. The first kappa shape index (κ1) is 16.2. The molecule has 6 heteroatoms. The highest BCUT2D eigenvalue weighted by molar-refractivity contribution is 6.35. The Kier molecular flexibility index (Phi) is 6.45. The highest BCUT2D eigenvalue weighted by Gasteiger charge is 2.25. The van der Waals surface area contributed by atoms with Crippen molar-refractivity contribution in [1.29, 1.82) is 0 Å². The van der Waals surface area contributed by atoms with Crippen molar-refractivity contribution in [2.45, 2.75) is 38.6 Å². The van der Waals surface area contributed by atoms with Gasteiger partial charge in [0.05, 0.1) is 0 Å². The maximum Gasteiger partial charge on any atom is 0.309 e. The molecule has 1 saturated carbocycles. The molecule has 2 unspecified atom stereocenters. The normalized spacial score (nSPS) is 27.1. The molecule has 0 bridgehead atoms. The predicted molar refractivity (Wildman–Crippen MR) is 81.9 cm³/mol. The molecule has 1 saturated heterocycles. The molecule has 0 aromatic rings. The van der Waals surface area contributed by atoms with Crippen LogP contribution in [0.3, 0.4) is 0 Å². The summed E-state index contributed by atoms with van der Waals surface area (Å²) in [5.74, 6) is -0.506. The number of amides is 2. The Morgan fingerprint density at radius 1 is 1.14 bits per heavy atom. The van der Waals surface area contributed by atoms with Crippen molar-refractivity contribution < 1.29 is 9.59 Å². The van der Waals surface area contributed by atoms with Crippen molar-refractivity contribution in [3.63, 3.8) is 0 Å². The lowest BCUT2D eigenvalue weighted by atomic mass is 9.86. The van der Waals surface area contributed by atoms with Crippen LogP contribution in [0.1, 0.15) is 32.6 Å². The molecule has 2 rings (SSSR count). The quantitative estimate of drug-likeness (QED) is 0.623. The standard InChI is InChI=1S/C15H28N4O2/c1-12-4-2-3-5-13(12)18-15(21)14(20)17-8-11-19-9-6-16-7-10-19/h12-13,16H,2-11H2,1H3,(H,17,20)(H,18,21). The zero-order chi connectivity index (χ0) is 15.1. The SMILES string of the molecule is CC1CCCCC1NC(=O)C(=O)NCCN1CCNCC1. The van der Waals surface area contributed by atoms with Crippen LogP contribution in [0.15, 0.2) is 0 Å². The fourth-order valence-corrected chi connectivity index (χ4v) is 3.11. The van der Waals surface area contributed by atoms with Gasteiger partial charge in [-0.2, -0.15) is 0 Å². The van der Waals surface area contributed by atoms with E-state index in [4.69, 9.17) is 0 Å². The minimum absolute atomic E-state index is 0.158. The summed E-state index contributed by atoms with van der Waals surface area (Å²) >= 11 is 0.